The van der Waals surface area contributed by atoms with Gasteiger partial charge in [-0.05, 0) is 56.7 Å². The Balaban J connectivity index is 2.89. The lowest BCUT2D eigenvalue weighted by molar-refractivity contribution is -0.140. The van der Waals surface area contributed by atoms with Crippen LogP contribution in [0, 0.1) is 3.57 Å². The van der Waals surface area contributed by atoms with E-state index < -0.39 is 24.5 Å². The third kappa shape index (κ3) is 3.93. The van der Waals surface area contributed by atoms with Gasteiger partial charge in [-0.3, -0.25) is 4.79 Å². The Hall–Kier alpha value is -0.670. The van der Waals surface area contributed by atoms with Gasteiger partial charge >= 0.3 is 5.97 Å². The van der Waals surface area contributed by atoms with Gasteiger partial charge in [0.1, 0.15) is 0 Å². The maximum atomic E-state index is 11.8. The molecule has 92 valence electrons. The van der Waals surface area contributed by atoms with Gasteiger partial charge in [-0.15, -0.1) is 0 Å². The fourth-order valence-electron chi connectivity index (χ4n) is 1.09. The van der Waals surface area contributed by atoms with E-state index in [9.17, 15) is 9.59 Å². The van der Waals surface area contributed by atoms with Gasteiger partial charge in [0, 0.05) is 8.04 Å². The molecule has 1 aromatic carbocycles. The molecule has 1 rings (SSSR count). The number of carbonyl (C=O) groups is 2. The summed E-state index contributed by atoms with van der Waals surface area (Å²) >= 11 is 5.25. The molecular formula is C10H9BrINO4. The molecule has 0 saturated heterocycles. The molecule has 1 aromatic rings. The van der Waals surface area contributed by atoms with Crippen LogP contribution in [0.25, 0.3) is 0 Å². The van der Waals surface area contributed by atoms with Crippen LogP contribution in [0.15, 0.2) is 22.7 Å². The standard InChI is InChI=1S/C10H9BrINO4/c11-7-2-1-5(12)3-6(7)9(15)13-8(4-14)10(16)17/h1-3,8,14H,4H2,(H,13,15)(H,16,17). The highest BCUT2D eigenvalue weighted by atomic mass is 127. The van der Waals surface area contributed by atoms with Crippen molar-refractivity contribution >= 4 is 50.4 Å². The van der Waals surface area contributed by atoms with Crippen molar-refractivity contribution in [1.82, 2.24) is 5.32 Å². The summed E-state index contributed by atoms with van der Waals surface area (Å²) in [4.78, 5) is 22.4. The van der Waals surface area contributed by atoms with Crippen LogP contribution in [-0.2, 0) is 4.79 Å². The zero-order valence-electron chi connectivity index (χ0n) is 8.48. The van der Waals surface area contributed by atoms with E-state index in [0.717, 1.165) is 3.57 Å². The molecule has 3 N–H and O–H groups in total. The number of hydrogen-bond donors (Lipinski definition) is 3. The molecule has 0 radical (unpaired) electrons. The van der Waals surface area contributed by atoms with Crippen molar-refractivity contribution in [2.45, 2.75) is 6.04 Å². The molecule has 1 unspecified atom stereocenters. The van der Waals surface area contributed by atoms with Crippen molar-refractivity contribution in [1.29, 1.82) is 0 Å². The van der Waals surface area contributed by atoms with Gasteiger partial charge in [-0.2, -0.15) is 0 Å². The molecule has 0 aliphatic rings. The van der Waals surface area contributed by atoms with Crippen LogP contribution in [0.1, 0.15) is 10.4 Å². The number of nitrogens with one attached hydrogen (secondary N) is 1. The molecule has 1 amide bonds. The smallest absolute Gasteiger partial charge is 0.328 e. The predicted molar refractivity (Wildman–Crippen MR) is 72.8 cm³/mol. The van der Waals surface area contributed by atoms with Gasteiger partial charge < -0.3 is 15.5 Å². The highest BCUT2D eigenvalue weighted by Gasteiger charge is 2.20. The number of amides is 1. The molecule has 17 heavy (non-hydrogen) atoms. The molecule has 0 aliphatic heterocycles. The lowest BCUT2D eigenvalue weighted by Gasteiger charge is -2.12. The van der Waals surface area contributed by atoms with Crippen molar-refractivity contribution in [3.8, 4) is 0 Å². The molecule has 0 aliphatic carbocycles. The second kappa shape index (κ2) is 6.31. The first-order valence-electron chi connectivity index (χ1n) is 4.55. The number of rotatable bonds is 4. The Kier molecular flexibility index (Phi) is 5.34. The number of hydrogen-bond acceptors (Lipinski definition) is 3. The highest BCUT2D eigenvalue weighted by Crippen LogP contribution is 2.19. The van der Waals surface area contributed by atoms with Gasteiger partial charge in [0.25, 0.3) is 5.91 Å². The van der Waals surface area contributed by atoms with Crippen LogP contribution >= 0.6 is 38.5 Å². The third-order valence-corrected chi connectivity index (χ3v) is 3.32. The molecule has 0 saturated carbocycles. The molecule has 1 atom stereocenters. The van der Waals surface area contributed by atoms with Crippen molar-refractivity contribution < 1.29 is 19.8 Å². The quantitative estimate of drug-likeness (QED) is 0.648. The fraction of sp³-hybridized carbons (Fsp3) is 0.200. The highest BCUT2D eigenvalue weighted by molar-refractivity contribution is 14.1. The number of aliphatic hydroxyl groups is 1. The van der Waals surface area contributed by atoms with Crippen LogP contribution in [0.2, 0.25) is 0 Å². The first kappa shape index (κ1) is 14.4. The fourth-order valence-corrected chi connectivity index (χ4v) is 2.01. The normalized spacial score (nSPS) is 11.9. The lowest BCUT2D eigenvalue weighted by Crippen LogP contribution is -2.43. The summed E-state index contributed by atoms with van der Waals surface area (Å²) in [6.07, 6.45) is 0. The average molecular weight is 414 g/mol. The number of aliphatic carboxylic acids is 1. The zero-order chi connectivity index (χ0) is 13.0. The summed E-state index contributed by atoms with van der Waals surface area (Å²) in [5.41, 5.74) is 0.330. The molecular weight excluding hydrogens is 405 g/mol. The van der Waals surface area contributed by atoms with Crippen LogP contribution in [0.4, 0.5) is 0 Å². The third-order valence-electron chi connectivity index (χ3n) is 1.96. The van der Waals surface area contributed by atoms with Gasteiger partial charge in [0.05, 0.1) is 12.2 Å². The monoisotopic (exact) mass is 413 g/mol. The Morgan fingerprint density at radius 2 is 2.12 bits per heavy atom. The summed E-state index contributed by atoms with van der Waals surface area (Å²) in [6.45, 7) is -0.650. The van der Waals surface area contributed by atoms with E-state index >= 15 is 0 Å². The minimum Gasteiger partial charge on any atom is -0.480 e. The van der Waals surface area contributed by atoms with Gasteiger partial charge in [0.2, 0.25) is 0 Å². The molecule has 5 nitrogen and oxygen atoms in total. The topological polar surface area (TPSA) is 86.6 Å². The largest absolute Gasteiger partial charge is 0.480 e. The molecule has 0 fully saturated rings. The Labute approximate surface area is 119 Å². The summed E-state index contributed by atoms with van der Waals surface area (Å²) in [7, 11) is 0. The summed E-state index contributed by atoms with van der Waals surface area (Å²) in [5, 5.41) is 19.7. The van der Waals surface area contributed by atoms with E-state index in [4.69, 9.17) is 10.2 Å². The second-order valence-corrected chi connectivity index (χ2v) is 5.27. The summed E-state index contributed by atoms with van der Waals surface area (Å²) < 4.78 is 1.42. The number of carboxylic acids is 1. The molecule has 0 bridgehead atoms. The first-order valence-corrected chi connectivity index (χ1v) is 6.42. The van der Waals surface area contributed by atoms with E-state index in [1.54, 1.807) is 12.1 Å². The zero-order valence-corrected chi connectivity index (χ0v) is 12.2. The summed E-state index contributed by atoms with van der Waals surface area (Å²) in [5.74, 6) is -1.82. The van der Waals surface area contributed by atoms with E-state index in [1.165, 1.54) is 0 Å². The van der Waals surface area contributed by atoms with Gasteiger partial charge in [-0.1, -0.05) is 0 Å². The van der Waals surface area contributed by atoms with Crippen LogP contribution < -0.4 is 5.32 Å². The van der Waals surface area contributed by atoms with E-state index in [-0.39, 0.29) is 0 Å². The molecule has 0 spiro atoms. The van der Waals surface area contributed by atoms with Crippen molar-refractivity contribution in [3.05, 3.63) is 31.8 Å². The molecule has 7 heteroatoms. The average Bonchev–Trinajstić information content (AvgIpc) is 2.28. The Bertz CT molecular complexity index is 452. The van der Waals surface area contributed by atoms with E-state index in [0.29, 0.717) is 10.0 Å². The first-order chi connectivity index (χ1) is 7.95. The number of halogens is 2. The number of carbonyl (C=O) groups excluding carboxylic acids is 1. The van der Waals surface area contributed by atoms with Gasteiger partial charge in [-0.25, -0.2) is 4.79 Å². The Morgan fingerprint density at radius 1 is 1.47 bits per heavy atom. The van der Waals surface area contributed by atoms with Crippen LogP contribution in [0.3, 0.4) is 0 Å². The lowest BCUT2D eigenvalue weighted by atomic mass is 10.2. The van der Waals surface area contributed by atoms with E-state index in [2.05, 4.69) is 21.2 Å². The van der Waals surface area contributed by atoms with Crippen LogP contribution in [-0.4, -0.2) is 34.7 Å². The van der Waals surface area contributed by atoms with Crippen LogP contribution in [0.5, 0.6) is 0 Å². The van der Waals surface area contributed by atoms with Crippen molar-refractivity contribution in [3.63, 3.8) is 0 Å². The number of carboxylic acid groups (broad SMARTS) is 1. The Morgan fingerprint density at radius 3 is 2.65 bits per heavy atom. The SMILES string of the molecule is O=C(NC(CO)C(=O)O)c1cc(I)ccc1Br. The van der Waals surface area contributed by atoms with Crippen molar-refractivity contribution in [2.75, 3.05) is 6.61 Å². The maximum Gasteiger partial charge on any atom is 0.328 e. The molecule has 0 heterocycles. The number of benzene rings is 1. The maximum absolute atomic E-state index is 11.8. The minimum absolute atomic E-state index is 0.330. The minimum atomic E-state index is -1.30. The molecule has 0 aromatic heterocycles. The predicted octanol–water partition coefficient (Wildman–Crippen LogP) is 1.23. The van der Waals surface area contributed by atoms with Crippen molar-refractivity contribution in [2.24, 2.45) is 0 Å². The summed E-state index contributed by atoms with van der Waals surface area (Å²) in [6, 6.07) is 3.83. The second-order valence-electron chi connectivity index (χ2n) is 3.17. The van der Waals surface area contributed by atoms with E-state index in [1.807, 2.05) is 28.7 Å². The number of aliphatic hydroxyl groups excluding tert-OH is 1. The van der Waals surface area contributed by atoms with Gasteiger partial charge in [0.15, 0.2) is 6.04 Å².